The Balaban J connectivity index is 2.25. The van der Waals surface area contributed by atoms with Crippen molar-refractivity contribution < 1.29 is 19.5 Å². The van der Waals surface area contributed by atoms with Crippen LogP contribution in [0.15, 0.2) is 24.3 Å². The molecule has 1 aromatic rings. The van der Waals surface area contributed by atoms with Gasteiger partial charge in [0.25, 0.3) is 11.8 Å². The minimum Gasteiger partial charge on any atom is -0.480 e. The van der Waals surface area contributed by atoms with E-state index in [1.807, 2.05) is 6.92 Å². The van der Waals surface area contributed by atoms with E-state index in [0.29, 0.717) is 24.0 Å². The number of carboxylic acids is 1. The third kappa shape index (κ3) is 2.43. The topological polar surface area (TPSA) is 74.7 Å². The van der Waals surface area contributed by atoms with Crippen LogP contribution in [0.5, 0.6) is 0 Å². The summed E-state index contributed by atoms with van der Waals surface area (Å²) in [6, 6.07) is 5.37. The number of rotatable bonds is 6. The summed E-state index contributed by atoms with van der Waals surface area (Å²) in [6.07, 6.45) is 2.82. The molecule has 0 aliphatic carbocycles. The van der Waals surface area contributed by atoms with Gasteiger partial charge >= 0.3 is 5.97 Å². The van der Waals surface area contributed by atoms with E-state index in [1.165, 1.54) is 0 Å². The van der Waals surface area contributed by atoms with Crippen molar-refractivity contribution in [2.24, 2.45) is 0 Å². The fourth-order valence-corrected chi connectivity index (χ4v) is 2.44. The van der Waals surface area contributed by atoms with E-state index in [0.717, 1.165) is 17.7 Å². The second-order valence-electron chi connectivity index (χ2n) is 4.88. The number of imide groups is 1. The number of carboxylic acid groups (broad SMARTS) is 1. The van der Waals surface area contributed by atoms with Gasteiger partial charge in [0.2, 0.25) is 0 Å². The highest BCUT2D eigenvalue weighted by molar-refractivity contribution is 6.22. The summed E-state index contributed by atoms with van der Waals surface area (Å²) in [5.41, 5.74) is 0.582. The minimum absolute atomic E-state index is 0.291. The van der Waals surface area contributed by atoms with Crippen LogP contribution in [0.3, 0.4) is 0 Å². The maximum Gasteiger partial charge on any atom is 0.326 e. The summed E-state index contributed by atoms with van der Waals surface area (Å²) >= 11 is 0. The van der Waals surface area contributed by atoms with Crippen LogP contribution in [0.4, 0.5) is 0 Å². The first-order valence-electron chi connectivity index (χ1n) is 6.77. The lowest BCUT2D eigenvalue weighted by molar-refractivity contribution is -0.141. The number of benzene rings is 1. The van der Waals surface area contributed by atoms with Crippen LogP contribution in [0.1, 0.15) is 53.3 Å². The smallest absolute Gasteiger partial charge is 0.326 e. The number of carbonyl (C=O) groups is 3. The summed E-state index contributed by atoms with van der Waals surface area (Å²) in [7, 11) is 0. The number of aliphatic carboxylic acids is 1. The Labute approximate surface area is 117 Å². The largest absolute Gasteiger partial charge is 0.480 e. The first-order valence-corrected chi connectivity index (χ1v) is 6.77. The third-order valence-corrected chi connectivity index (χ3v) is 3.50. The Bertz CT molecular complexity index is 518. The van der Waals surface area contributed by atoms with Crippen molar-refractivity contribution in [1.82, 2.24) is 4.90 Å². The molecule has 0 bridgehead atoms. The molecule has 1 unspecified atom stereocenters. The predicted octanol–water partition coefficient (Wildman–Crippen LogP) is 2.32. The van der Waals surface area contributed by atoms with Crippen molar-refractivity contribution >= 4 is 17.8 Å². The first-order chi connectivity index (χ1) is 9.57. The Hall–Kier alpha value is -2.17. The molecule has 5 heteroatoms. The van der Waals surface area contributed by atoms with Crippen molar-refractivity contribution in [2.45, 2.75) is 38.6 Å². The first kappa shape index (κ1) is 14.2. The monoisotopic (exact) mass is 275 g/mol. The van der Waals surface area contributed by atoms with E-state index in [2.05, 4.69) is 0 Å². The summed E-state index contributed by atoms with van der Waals surface area (Å²) < 4.78 is 0. The molecule has 1 heterocycles. The maximum atomic E-state index is 12.2. The zero-order chi connectivity index (χ0) is 14.7. The molecule has 20 heavy (non-hydrogen) atoms. The van der Waals surface area contributed by atoms with Crippen LogP contribution in [0.25, 0.3) is 0 Å². The number of hydrogen-bond donors (Lipinski definition) is 1. The van der Waals surface area contributed by atoms with Crippen molar-refractivity contribution in [3.8, 4) is 0 Å². The van der Waals surface area contributed by atoms with Gasteiger partial charge in [-0.25, -0.2) is 4.79 Å². The summed E-state index contributed by atoms with van der Waals surface area (Å²) in [4.78, 5) is 36.7. The summed E-state index contributed by atoms with van der Waals surface area (Å²) in [5, 5.41) is 9.30. The van der Waals surface area contributed by atoms with E-state index < -0.39 is 23.8 Å². The maximum absolute atomic E-state index is 12.2. The number of unbranched alkanes of at least 4 members (excludes halogenated alkanes) is 2. The molecule has 1 aliphatic heterocycles. The molecule has 1 aromatic carbocycles. The Morgan fingerprint density at radius 3 is 2.15 bits per heavy atom. The normalized spacial score (nSPS) is 15.3. The fraction of sp³-hybridized carbons (Fsp3) is 0.400. The van der Waals surface area contributed by atoms with Gasteiger partial charge in [-0.1, -0.05) is 38.3 Å². The van der Waals surface area contributed by atoms with Crippen molar-refractivity contribution in [3.05, 3.63) is 35.4 Å². The molecule has 106 valence electrons. The van der Waals surface area contributed by atoms with Crippen LogP contribution in [-0.4, -0.2) is 33.8 Å². The lowest BCUT2D eigenvalue weighted by Gasteiger charge is -2.22. The molecule has 0 saturated carbocycles. The van der Waals surface area contributed by atoms with Gasteiger partial charge in [-0.3, -0.25) is 14.5 Å². The third-order valence-electron chi connectivity index (χ3n) is 3.50. The van der Waals surface area contributed by atoms with Crippen molar-refractivity contribution in [3.63, 3.8) is 0 Å². The number of amides is 2. The van der Waals surface area contributed by atoms with Crippen molar-refractivity contribution in [2.75, 3.05) is 0 Å². The van der Waals surface area contributed by atoms with Gasteiger partial charge in [0.1, 0.15) is 6.04 Å². The number of carbonyl (C=O) groups excluding carboxylic acids is 2. The highest BCUT2D eigenvalue weighted by atomic mass is 16.4. The molecule has 2 amide bonds. The van der Waals surface area contributed by atoms with E-state index in [1.54, 1.807) is 24.3 Å². The van der Waals surface area contributed by atoms with Gasteiger partial charge in [-0.2, -0.15) is 0 Å². The minimum atomic E-state index is -1.13. The summed E-state index contributed by atoms with van der Waals surface area (Å²) in [6.45, 7) is 2.01. The highest BCUT2D eigenvalue weighted by Crippen LogP contribution is 2.26. The molecule has 5 nitrogen and oxygen atoms in total. The molecule has 1 N–H and O–H groups in total. The standard InChI is InChI=1S/C15H17NO4/c1-2-3-4-9-12(15(19)20)16-13(17)10-7-5-6-8-11(10)14(16)18/h5-8,12H,2-4,9H2,1H3,(H,19,20). The summed E-state index contributed by atoms with van der Waals surface area (Å²) in [5.74, 6) is -2.14. The molecule has 0 radical (unpaired) electrons. The Kier molecular flexibility index (Phi) is 4.17. The van der Waals surface area contributed by atoms with Gasteiger partial charge < -0.3 is 5.11 Å². The van der Waals surface area contributed by atoms with Crippen LogP contribution in [0, 0.1) is 0 Å². The van der Waals surface area contributed by atoms with Crippen LogP contribution >= 0.6 is 0 Å². The highest BCUT2D eigenvalue weighted by Gasteiger charge is 2.42. The lowest BCUT2D eigenvalue weighted by Crippen LogP contribution is -2.44. The molecule has 0 aromatic heterocycles. The molecule has 0 fully saturated rings. The van der Waals surface area contributed by atoms with Gasteiger partial charge in [-0.15, -0.1) is 0 Å². The zero-order valence-corrected chi connectivity index (χ0v) is 11.3. The van der Waals surface area contributed by atoms with Gasteiger partial charge in [0.05, 0.1) is 11.1 Å². The second kappa shape index (κ2) is 5.86. The predicted molar refractivity (Wildman–Crippen MR) is 72.5 cm³/mol. The molecule has 0 spiro atoms. The fourth-order valence-electron chi connectivity index (χ4n) is 2.44. The number of fused-ring (bicyclic) bond motifs is 1. The number of hydrogen-bond acceptors (Lipinski definition) is 3. The molecule has 0 saturated heterocycles. The molecule has 2 rings (SSSR count). The Morgan fingerprint density at radius 1 is 1.15 bits per heavy atom. The zero-order valence-electron chi connectivity index (χ0n) is 11.3. The molecule has 1 aliphatic rings. The SMILES string of the molecule is CCCCCC(C(=O)O)N1C(=O)c2ccccc2C1=O. The second-order valence-corrected chi connectivity index (χ2v) is 4.88. The van der Waals surface area contributed by atoms with E-state index in [9.17, 15) is 19.5 Å². The quantitative estimate of drug-likeness (QED) is 0.638. The van der Waals surface area contributed by atoms with E-state index in [-0.39, 0.29) is 0 Å². The van der Waals surface area contributed by atoms with Crippen LogP contribution < -0.4 is 0 Å². The average Bonchev–Trinajstić information content (AvgIpc) is 2.68. The van der Waals surface area contributed by atoms with Gasteiger partial charge in [0, 0.05) is 0 Å². The molecular weight excluding hydrogens is 258 g/mol. The Morgan fingerprint density at radius 2 is 1.70 bits per heavy atom. The van der Waals surface area contributed by atoms with E-state index in [4.69, 9.17) is 0 Å². The molecular formula is C15H17NO4. The average molecular weight is 275 g/mol. The van der Waals surface area contributed by atoms with Gasteiger partial charge in [-0.05, 0) is 18.6 Å². The van der Waals surface area contributed by atoms with E-state index >= 15 is 0 Å². The van der Waals surface area contributed by atoms with Crippen LogP contribution in [-0.2, 0) is 4.79 Å². The lowest BCUT2D eigenvalue weighted by atomic mass is 10.1. The van der Waals surface area contributed by atoms with Crippen molar-refractivity contribution in [1.29, 1.82) is 0 Å². The van der Waals surface area contributed by atoms with Crippen LogP contribution in [0.2, 0.25) is 0 Å². The number of nitrogens with zero attached hydrogens (tertiary/aromatic N) is 1. The van der Waals surface area contributed by atoms with Gasteiger partial charge in [0.15, 0.2) is 0 Å². The molecule has 1 atom stereocenters.